The smallest absolute Gasteiger partial charge is 0.128 e. The Bertz CT molecular complexity index is 522. The highest BCUT2D eigenvalue weighted by atomic mass is 35.5. The third kappa shape index (κ3) is 3.32. The molecule has 0 amide bonds. The molecule has 88 valence electrons. The van der Waals surface area contributed by atoms with Crippen molar-refractivity contribution in [2.45, 2.75) is 12.3 Å². The standard InChI is InChI=1S/C13H10Cl2OS/c14-11-3-1-2-9(7-11)6-10(8-16)12-4-5-13(15)17-12/h1-5,7-8,10H,6H2. The van der Waals surface area contributed by atoms with Crippen LogP contribution in [0.3, 0.4) is 0 Å². The summed E-state index contributed by atoms with van der Waals surface area (Å²) in [6, 6.07) is 11.3. The first kappa shape index (κ1) is 12.6. The first-order valence-electron chi connectivity index (χ1n) is 5.14. The van der Waals surface area contributed by atoms with Crippen molar-refractivity contribution in [1.29, 1.82) is 0 Å². The molecule has 0 aliphatic carbocycles. The molecule has 0 N–H and O–H groups in total. The minimum Gasteiger partial charge on any atom is -0.303 e. The lowest BCUT2D eigenvalue weighted by atomic mass is 9.99. The normalized spacial score (nSPS) is 12.4. The molecule has 17 heavy (non-hydrogen) atoms. The second-order valence-corrected chi connectivity index (χ2v) is 5.90. The molecule has 0 bridgehead atoms. The highest BCUT2D eigenvalue weighted by Gasteiger charge is 2.13. The maximum absolute atomic E-state index is 11.1. The van der Waals surface area contributed by atoms with E-state index in [-0.39, 0.29) is 5.92 Å². The van der Waals surface area contributed by atoms with Crippen molar-refractivity contribution in [2.75, 3.05) is 0 Å². The molecule has 2 rings (SSSR count). The van der Waals surface area contributed by atoms with Gasteiger partial charge in [0, 0.05) is 9.90 Å². The number of carbonyl (C=O) groups excluding carboxylic acids is 1. The Kier molecular flexibility index (Phi) is 4.21. The molecule has 1 nitrogen and oxygen atoms in total. The second kappa shape index (κ2) is 5.67. The van der Waals surface area contributed by atoms with E-state index < -0.39 is 0 Å². The molecule has 0 spiro atoms. The second-order valence-electron chi connectivity index (χ2n) is 3.72. The Morgan fingerprint density at radius 2 is 2.06 bits per heavy atom. The number of benzene rings is 1. The van der Waals surface area contributed by atoms with E-state index in [9.17, 15) is 4.79 Å². The molecule has 0 aliphatic heterocycles. The third-order valence-electron chi connectivity index (χ3n) is 2.47. The summed E-state index contributed by atoms with van der Waals surface area (Å²) in [6.45, 7) is 0. The molecule has 0 aliphatic rings. The zero-order chi connectivity index (χ0) is 12.3. The van der Waals surface area contributed by atoms with Crippen molar-refractivity contribution in [2.24, 2.45) is 0 Å². The van der Waals surface area contributed by atoms with Crippen molar-refractivity contribution in [3.05, 3.63) is 56.2 Å². The Hall–Kier alpha value is -0.830. The van der Waals surface area contributed by atoms with E-state index in [2.05, 4.69) is 0 Å². The number of carbonyl (C=O) groups is 1. The molecule has 1 aromatic heterocycles. The summed E-state index contributed by atoms with van der Waals surface area (Å²) in [5.41, 5.74) is 1.05. The third-order valence-corrected chi connectivity index (χ3v) is 4.07. The van der Waals surface area contributed by atoms with Crippen LogP contribution in [0.4, 0.5) is 0 Å². The minimum absolute atomic E-state index is 0.147. The van der Waals surface area contributed by atoms with Gasteiger partial charge in [0.15, 0.2) is 0 Å². The van der Waals surface area contributed by atoms with Crippen molar-refractivity contribution in [3.63, 3.8) is 0 Å². The predicted octanol–water partition coefficient (Wildman–Crippen LogP) is 4.58. The van der Waals surface area contributed by atoms with Crippen LogP contribution in [0, 0.1) is 0 Å². The van der Waals surface area contributed by atoms with Gasteiger partial charge in [-0.2, -0.15) is 0 Å². The lowest BCUT2D eigenvalue weighted by molar-refractivity contribution is -0.109. The van der Waals surface area contributed by atoms with Crippen LogP contribution < -0.4 is 0 Å². The average molecular weight is 285 g/mol. The Labute approximate surface area is 114 Å². The number of halogens is 2. The maximum atomic E-state index is 11.1. The van der Waals surface area contributed by atoms with Gasteiger partial charge in [0.2, 0.25) is 0 Å². The molecule has 0 radical (unpaired) electrons. The first-order chi connectivity index (χ1) is 8.19. The van der Waals surface area contributed by atoms with Gasteiger partial charge in [-0.05, 0) is 36.2 Å². The van der Waals surface area contributed by atoms with Crippen molar-refractivity contribution in [3.8, 4) is 0 Å². The van der Waals surface area contributed by atoms with Gasteiger partial charge in [-0.15, -0.1) is 11.3 Å². The summed E-state index contributed by atoms with van der Waals surface area (Å²) < 4.78 is 0.706. The molecule has 1 aromatic carbocycles. The zero-order valence-corrected chi connectivity index (χ0v) is 11.2. The first-order valence-corrected chi connectivity index (χ1v) is 6.71. The minimum atomic E-state index is -0.147. The summed E-state index contributed by atoms with van der Waals surface area (Å²) in [5.74, 6) is -0.147. The van der Waals surface area contributed by atoms with E-state index in [1.165, 1.54) is 11.3 Å². The molecule has 0 saturated carbocycles. The van der Waals surface area contributed by atoms with Crippen LogP contribution >= 0.6 is 34.5 Å². The number of thiophene rings is 1. The van der Waals surface area contributed by atoms with Gasteiger partial charge in [0.25, 0.3) is 0 Å². The monoisotopic (exact) mass is 284 g/mol. The van der Waals surface area contributed by atoms with E-state index in [0.717, 1.165) is 16.7 Å². The molecule has 1 heterocycles. The summed E-state index contributed by atoms with van der Waals surface area (Å²) in [6.07, 6.45) is 1.62. The molecular weight excluding hydrogens is 275 g/mol. The zero-order valence-electron chi connectivity index (χ0n) is 8.90. The largest absolute Gasteiger partial charge is 0.303 e. The number of hydrogen-bond acceptors (Lipinski definition) is 2. The van der Waals surface area contributed by atoms with Crippen molar-refractivity contribution >= 4 is 40.8 Å². The summed E-state index contributed by atoms with van der Waals surface area (Å²) in [7, 11) is 0. The molecular formula is C13H10Cl2OS. The van der Waals surface area contributed by atoms with Gasteiger partial charge in [0.1, 0.15) is 6.29 Å². The average Bonchev–Trinajstić information content (AvgIpc) is 2.73. The van der Waals surface area contributed by atoms with E-state index in [4.69, 9.17) is 23.2 Å². The van der Waals surface area contributed by atoms with Crippen LogP contribution in [-0.2, 0) is 11.2 Å². The predicted molar refractivity (Wildman–Crippen MR) is 73.3 cm³/mol. The van der Waals surface area contributed by atoms with Crippen molar-refractivity contribution in [1.82, 2.24) is 0 Å². The quantitative estimate of drug-likeness (QED) is 0.751. The summed E-state index contributed by atoms with van der Waals surface area (Å²) in [4.78, 5) is 12.1. The molecule has 0 fully saturated rings. The van der Waals surface area contributed by atoms with Gasteiger partial charge in [0.05, 0.1) is 10.3 Å². The lowest BCUT2D eigenvalue weighted by Gasteiger charge is -2.08. The number of hydrogen-bond donors (Lipinski definition) is 0. The Morgan fingerprint density at radius 1 is 1.24 bits per heavy atom. The van der Waals surface area contributed by atoms with Crippen LogP contribution in [0.25, 0.3) is 0 Å². The molecule has 2 aromatic rings. The van der Waals surface area contributed by atoms with E-state index in [1.54, 1.807) is 0 Å². The van der Waals surface area contributed by atoms with Gasteiger partial charge in [-0.1, -0.05) is 35.3 Å². The van der Waals surface area contributed by atoms with Gasteiger partial charge >= 0.3 is 0 Å². The van der Waals surface area contributed by atoms with Crippen LogP contribution in [0.5, 0.6) is 0 Å². The van der Waals surface area contributed by atoms with E-state index >= 15 is 0 Å². The van der Waals surface area contributed by atoms with Crippen LogP contribution in [-0.4, -0.2) is 6.29 Å². The van der Waals surface area contributed by atoms with E-state index in [0.29, 0.717) is 15.8 Å². The van der Waals surface area contributed by atoms with Gasteiger partial charge in [-0.3, -0.25) is 0 Å². The maximum Gasteiger partial charge on any atom is 0.128 e. The molecule has 4 heteroatoms. The number of aldehydes is 1. The fourth-order valence-corrected chi connectivity index (χ4v) is 2.99. The molecule has 1 unspecified atom stereocenters. The van der Waals surface area contributed by atoms with Gasteiger partial charge < -0.3 is 4.79 Å². The highest BCUT2D eigenvalue weighted by Crippen LogP contribution is 2.29. The molecule has 0 saturated heterocycles. The van der Waals surface area contributed by atoms with Crippen LogP contribution in [0.15, 0.2) is 36.4 Å². The summed E-state index contributed by atoms with van der Waals surface area (Å²) in [5, 5.41) is 0.691. The SMILES string of the molecule is O=CC(Cc1cccc(Cl)c1)c1ccc(Cl)s1. The Morgan fingerprint density at radius 3 is 2.65 bits per heavy atom. The highest BCUT2D eigenvalue weighted by molar-refractivity contribution is 7.16. The topological polar surface area (TPSA) is 17.1 Å². The number of rotatable bonds is 4. The van der Waals surface area contributed by atoms with Crippen molar-refractivity contribution < 1.29 is 4.79 Å². The fourth-order valence-electron chi connectivity index (χ4n) is 1.66. The van der Waals surface area contributed by atoms with E-state index in [1.807, 2.05) is 36.4 Å². The Balaban J connectivity index is 2.18. The van der Waals surface area contributed by atoms with Crippen LogP contribution in [0.1, 0.15) is 16.4 Å². The summed E-state index contributed by atoms with van der Waals surface area (Å²) >= 11 is 13.2. The van der Waals surface area contributed by atoms with Crippen LogP contribution in [0.2, 0.25) is 9.36 Å². The lowest BCUT2D eigenvalue weighted by Crippen LogP contribution is -2.02. The van der Waals surface area contributed by atoms with Gasteiger partial charge in [-0.25, -0.2) is 0 Å². The molecule has 1 atom stereocenters. The fraction of sp³-hybridized carbons (Fsp3) is 0.154.